The van der Waals surface area contributed by atoms with Crippen LogP contribution in [0.1, 0.15) is 23.7 Å². The number of nitro benzene ring substituents is 1. The van der Waals surface area contributed by atoms with Crippen LogP contribution in [-0.2, 0) is 0 Å². The van der Waals surface area contributed by atoms with Crippen LogP contribution in [0.25, 0.3) is 0 Å². The third kappa shape index (κ3) is 5.39. The molecular weight excluding hydrogens is 272 g/mol. The molecule has 0 saturated carbocycles. The number of hydrogen-bond donors (Lipinski definition) is 2. The largest absolute Gasteiger partial charge is 0.385 e. The monoisotopic (exact) mass is 294 g/mol. The van der Waals surface area contributed by atoms with Gasteiger partial charge < -0.3 is 15.5 Å². The molecule has 0 spiro atoms. The van der Waals surface area contributed by atoms with Crippen LogP contribution in [0.15, 0.2) is 18.2 Å². The smallest absolute Gasteiger partial charge is 0.270 e. The summed E-state index contributed by atoms with van der Waals surface area (Å²) >= 11 is 0. The molecule has 0 heterocycles. The van der Waals surface area contributed by atoms with Crippen molar-refractivity contribution in [2.24, 2.45) is 0 Å². The van der Waals surface area contributed by atoms with Crippen molar-refractivity contribution in [1.29, 1.82) is 0 Å². The molecule has 0 saturated heterocycles. The van der Waals surface area contributed by atoms with Gasteiger partial charge in [0.1, 0.15) is 0 Å². The fourth-order valence-electron chi connectivity index (χ4n) is 1.87. The SMILES string of the molecule is CCNc1ccc([N+](=O)[O-])cc1C(=O)NCCCN(C)C. The zero-order valence-corrected chi connectivity index (χ0v) is 12.7. The van der Waals surface area contributed by atoms with Crippen molar-refractivity contribution in [3.63, 3.8) is 0 Å². The van der Waals surface area contributed by atoms with Gasteiger partial charge in [-0.1, -0.05) is 0 Å². The Kier molecular flexibility index (Phi) is 6.61. The second kappa shape index (κ2) is 8.21. The lowest BCUT2D eigenvalue weighted by Crippen LogP contribution is -2.27. The number of nitro groups is 1. The molecule has 0 aliphatic carbocycles. The summed E-state index contributed by atoms with van der Waals surface area (Å²) in [6.07, 6.45) is 0.824. The predicted molar refractivity (Wildman–Crippen MR) is 82.8 cm³/mol. The molecule has 0 bridgehead atoms. The van der Waals surface area contributed by atoms with Gasteiger partial charge in [0.2, 0.25) is 0 Å². The van der Waals surface area contributed by atoms with E-state index < -0.39 is 4.92 Å². The second-order valence-corrected chi connectivity index (χ2v) is 4.93. The fraction of sp³-hybridized carbons (Fsp3) is 0.500. The van der Waals surface area contributed by atoms with E-state index >= 15 is 0 Å². The van der Waals surface area contributed by atoms with E-state index in [-0.39, 0.29) is 11.6 Å². The van der Waals surface area contributed by atoms with Gasteiger partial charge in [-0.25, -0.2) is 0 Å². The van der Waals surface area contributed by atoms with Crippen molar-refractivity contribution in [2.75, 3.05) is 39.0 Å². The molecule has 0 aliphatic rings. The quantitative estimate of drug-likeness (QED) is 0.433. The Labute approximate surface area is 124 Å². The minimum absolute atomic E-state index is 0.0879. The maximum atomic E-state index is 12.2. The molecule has 1 rings (SSSR count). The first-order chi connectivity index (χ1) is 9.95. The molecule has 0 aliphatic heterocycles. The highest BCUT2D eigenvalue weighted by atomic mass is 16.6. The number of amides is 1. The first kappa shape index (κ1) is 16.9. The minimum Gasteiger partial charge on any atom is -0.385 e. The number of carbonyl (C=O) groups excluding carboxylic acids is 1. The van der Waals surface area contributed by atoms with Crippen LogP contribution >= 0.6 is 0 Å². The highest BCUT2D eigenvalue weighted by Gasteiger charge is 2.16. The molecule has 0 radical (unpaired) electrons. The van der Waals surface area contributed by atoms with E-state index in [0.717, 1.165) is 13.0 Å². The number of anilines is 1. The Bertz CT molecular complexity index is 503. The van der Waals surface area contributed by atoms with Gasteiger partial charge in [-0.2, -0.15) is 0 Å². The van der Waals surface area contributed by atoms with E-state index in [2.05, 4.69) is 10.6 Å². The molecule has 0 fully saturated rings. The van der Waals surface area contributed by atoms with E-state index in [1.165, 1.54) is 12.1 Å². The molecule has 21 heavy (non-hydrogen) atoms. The summed E-state index contributed by atoms with van der Waals surface area (Å²) in [7, 11) is 3.93. The van der Waals surface area contributed by atoms with Gasteiger partial charge in [-0.3, -0.25) is 14.9 Å². The van der Waals surface area contributed by atoms with Gasteiger partial charge in [0, 0.05) is 30.9 Å². The minimum atomic E-state index is -0.501. The highest BCUT2D eigenvalue weighted by molar-refractivity contribution is 6.00. The lowest BCUT2D eigenvalue weighted by Gasteiger charge is -2.12. The first-order valence-electron chi connectivity index (χ1n) is 6.91. The van der Waals surface area contributed by atoms with Crippen LogP contribution in [0.2, 0.25) is 0 Å². The normalized spacial score (nSPS) is 10.5. The van der Waals surface area contributed by atoms with Gasteiger partial charge >= 0.3 is 0 Å². The van der Waals surface area contributed by atoms with Crippen LogP contribution < -0.4 is 10.6 Å². The Morgan fingerprint density at radius 2 is 2.10 bits per heavy atom. The molecule has 1 aromatic carbocycles. The van der Waals surface area contributed by atoms with Crippen LogP contribution in [0.3, 0.4) is 0 Å². The van der Waals surface area contributed by atoms with Crippen LogP contribution in [0, 0.1) is 10.1 Å². The zero-order valence-electron chi connectivity index (χ0n) is 12.7. The first-order valence-corrected chi connectivity index (χ1v) is 6.91. The van der Waals surface area contributed by atoms with Crippen molar-refractivity contribution in [3.05, 3.63) is 33.9 Å². The number of benzene rings is 1. The van der Waals surface area contributed by atoms with Crippen LogP contribution in [0.4, 0.5) is 11.4 Å². The Morgan fingerprint density at radius 3 is 2.67 bits per heavy atom. The number of rotatable bonds is 8. The van der Waals surface area contributed by atoms with E-state index in [0.29, 0.717) is 24.3 Å². The number of non-ortho nitro benzene ring substituents is 1. The number of nitrogens with zero attached hydrogens (tertiary/aromatic N) is 2. The van der Waals surface area contributed by atoms with E-state index in [1.807, 2.05) is 25.9 Å². The molecule has 0 unspecified atom stereocenters. The number of carbonyl (C=O) groups is 1. The maximum absolute atomic E-state index is 12.2. The Morgan fingerprint density at radius 1 is 1.38 bits per heavy atom. The molecule has 116 valence electrons. The fourth-order valence-corrected chi connectivity index (χ4v) is 1.87. The Hall–Kier alpha value is -2.15. The summed E-state index contributed by atoms with van der Waals surface area (Å²) in [6.45, 7) is 3.94. The van der Waals surface area contributed by atoms with Crippen LogP contribution in [0.5, 0.6) is 0 Å². The molecule has 0 atom stereocenters. The molecule has 0 aromatic heterocycles. The summed E-state index contributed by atoms with van der Waals surface area (Å²) in [5.74, 6) is -0.298. The molecular formula is C14H22N4O3. The molecule has 7 nitrogen and oxygen atoms in total. The van der Waals surface area contributed by atoms with Crippen molar-refractivity contribution in [2.45, 2.75) is 13.3 Å². The van der Waals surface area contributed by atoms with Crippen LogP contribution in [-0.4, -0.2) is 49.5 Å². The summed E-state index contributed by atoms with van der Waals surface area (Å²) in [5, 5.41) is 16.7. The van der Waals surface area contributed by atoms with Gasteiger partial charge in [0.25, 0.3) is 11.6 Å². The van der Waals surface area contributed by atoms with Gasteiger partial charge in [0.15, 0.2) is 0 Å². The van der Waals surface area contributed by atoms with Crippen molar-refractivity contribution >= 4 is 17.3 Å². The van der Waals surface area contributed by atoms with Crippen molar-refractivity contribution < 1.29 is 9.72 Å². The molecule has 1 aromatic rings. The predicted octanol–water partition coefficient (Wildman–Crippen LogP) is 1.71. The van der Waals surface area contributed by atoms with Crippen molar-refractivity contribution in [3.8, 4) is 0 Å². The average molecular weight is 294 g/mol. The van der Waals surface area contributed by atoms with Gasteiger partial charge in [0.05, 0.1) is 10.5 Å². The zero-order chi connectivity index (χ0) is 15.8. The molecule has 1 amide bonds. The van der Waals surface area contributed by atoms with E-state index in [9.17, 15) is 14.9 Å². The third-order valence-corrected chi connectivity index (χ3v) is 2.89. The average Bonchev–Trinajstić information content (AvgIpc) is 2.43. The lowest BCUT2D eigenvalue weighted by molar-refractivity contribution is -0.384. The van der Waals surface area contributed by atoms with E-state index in [4.69, 9.17) is 0 Å². The molecule has 7 heteroatoms. The summed E-state index contributed by atoms with van der Waals surface area (Å²) < 4.78 is 0. The summed E-state index contributed by atoms with van der Waals surface area (Å²) in [4.78, 5) is 24.5. The summed E-state index contributed by atoms with van der Waals surface area (Å²) in [5.41, 5.74) is 0.819. The number of nitrogens with one attached hydrogen (secondary N) is 2. The van der Waals surface area contributed by atoms with E-state index in [1.54, 1.807) is 6.07 Å². The standard InChI is InChI=1S/C14H22N4O3/c1-4-15-13-7-6-11(18(20)21)10-12(13)14(19)16-8-5-9-17(2)3/h6-7,10,15H,4-5,8-9H2,1-3H3,(H,16,19). The third-order valence-electron chi connectivity index (χ3n) is 2.89. The van der Waals surface area contributed by atoms with Gasteiger partial charge in [-0.05, 0) is 40.1 Å². The van der Waals surface area contributed by atoms with Gasteiger partial charge in [-0.15, -0.1) is 0 Å². The topological polar surface area (TPSA) is 87.5 Å². The number of hydrogen-bond acceptors (Lipinski definition) is 5. The maximum Gasteiger partial charge on any atom is 0.270 e. The Balaban J connectivity index is 2.79. The lowest BCUT2D eigenvalue weighted by atomic mass is 10.1. The second-order valence-electron chi connectivity index (χ2n) is 4.93. The highest BCUT2D eigenvalue weighted by Crippen LogP contribution is 2.22. The van der Waals surface area contributed by atoms with Crippen molar-refractivity contribution in [1.82, 2.24) is 10.2 Å². The summed E-state index contributed by atoms with van der Waals surface area (Å²) in [6, 6.07) is 4.26. The molecule has 2 N–H and O–H groups in total.